The van der Waals surface area contributed by atoms with Crippen molar-refractivity contribution in [2.45, 2.75) is 57.2 Å². The van der Waals surface area contributed by atoms with Gasteiger partial charge in [-0.1, -0.05) is 37.0 Å². The molecule has 112 valence electrons. The summed E-state index contributed by atoms with van der Waals surface area (Å²) in [6.45, 7) is 4.35. The number of hydrogen-bond acceptors (Lipinski definition) is 2. The summed E-state index contributed by atoms with van der Waals surface area (Å²) in [6, 6.07) is 12.6. The third-order valence-corrected chi connectivity index (χ3v) is 4.76. The van der Waals surface area contributed by atoms with Crippen LogP contribution in [0.15, 0.2) is 30.3 Å². The molecule has 2 nitrogen and oxygen atoms in total. The lowest BCUT2D eigenvalue weighted by atomic mass is 9.98. The van der Waals surface area contributed by atoms with Gasteiger partial charge in [0.1, 0.15) is 0 Å². The van der Waals surface area contributed by atoms with Gasteiger partial charge in [0.25, 0.3) is 0 Å². The van der Waals surface area contributed by atoms with Gasteiger partial charge in [-0.3, -0.25) is 4.90 Å². The molecule has 1 aromatic carbocycles. The molecule has 0 radical (unpaired) electrons. The highest BCUT2D eigenvalue weighted by Crippen LogP contribution is 2.29. The minimum atomic E-state index is 0.730. The first kappa shape index (κ1) is 14.6. The molecule has 0 saturated carbocycles. The second-order valence-corrected chi connectivity index (χ2v) is 6.40. The van der Waals surface area contributed by atoms with Gasteiger partial charge in [0.05, 0.1) is 6.54 Å². The zero-order valence-corrected chi connectivity index (χ0v) is 13.0. The van der Waals surface area contributed by atoms with Crippen molar-refractivity contribution >= 4 is 0 Å². The smallest absolute Gasteiger partial charge is 0.0607 e. The van der Waals surface area contributed by atoms with Crippen molar-refractivity contribution in [2.24, 2.45) is 0 Å². The topological polar surface area (TPSA) is 15.3 Å². The molecule has 0 spiro atoms. The van der Waals surface area contributed by atoms with E-state index in [0.717, 1.165) is 30.2 Å². The number of hydrogen-bond donors (Lipinski definition) is 1. The van der Waals surface area contributed by atoms with Gasteiger partial charge in [-0.25, -0.2) is 0 Å². The van der Waals surface area contributed by atoms with E-state index in [-0.39, 0.29) is 0 Å². The van der Waals surface area contributed by atoms with E-state index in [9.17, 15) is 0 Å². The Hall–Kier alpha value is -1.30. The highest BCUT2D eigenvalue weighted by atomic mass is 15.2. The fourth-order valence-electron chi connectivity index (χ4n) is 3.77. The van der Waals surface area contributed by atoms with Crippen LogP contribution in [-0.2, 0) is 0 Å². The molecule has 2 aliphatic rings. The summed E-state index contributed by atoms with van der Waals surface area (Å²) in [5, 5.41) is 3.74. The van der Waals surface area contributed by atoms with Crippen molar-refractivity contribution < 1.29 is 0 Å². The summed E-state index contributed by atoms with van der Waals surface area (Å²) < 4.78 is 0. The summed E-state index contributed by atoms with van der Waals surface area (Å²) in [6.07, 6.45) is 6.58. The molecule has 2 unspecified atom stereocenters. The fourth-order valence-corrected chi connectivity index (χ4v) is 3.77. The van der Waals surface area contributed by atoms with Crippen LogP contribution in [-0.4, -0.2) is 36.1 Å². The summed E-state index contributed by atoms with van der Waals surface area (Å²) in [7, 11) is 0. The SMILES string of the molecule is CCCN(CC#Cc1ccccc1)C1CC2CCC(C1)N2. The summed E-state index contributed by atoms with van der Waals surface area (Å²) in [5.41, 5.74) is 1.12. The first-order valence-corrected chi connectivity index (χ1v) is 8.39. The van der Waals surface area contributed by atoms with E-state index < -0.39 is 0 Å². The summed E-state index contributed by atoms with van der Waals surface area (Å²) in [4.78, 5) is 2.61. The van der Waals surface area contributed by atoms with E-state index in [1.54, 1.807) is 0 Å². The number of rotatable bonds is 4. The average Bonchev–Trinajstić information content (AvgIpc) is 2.86. The molecule has 2 bridgehead atoms. The highest BCUT2D eigenvalue weighted by Gasteiger charge is 2.35. The number of nitrogens with one attached hydrogen (secondary N) is 1. The quantitative estimate of drug-likeness (QED) is 0.854. The van der Waals surface area contributed by atoms with E-state index >= 15 is 0 Å². The fraction of sp³-hybridized carbons (Fsp3) is 0.579. The Morgan fingerprint density at radius 3 is 2.52 bits per heavy atom. The van der Waals surface area contributed by atoms with Crippen molar-refractivity contribution in [3.8, 4) is 11.8 Å². The lowest BCUT2D eigenvalue weighted by Crippen LogP contribution is -2.48. The zero-order chi connectivity index (χ0) is 14.5. The predicted octanol–water partition coefficient (Wildman–Crippen LogP) is 3.03. The van der Waals surface area contributed by atoms with Gasteiger partial charge in [-0.05, 0) is 50.8 Å². The normalized spacial score (nSPS) is 27.4. The average molecular weight is 282 g/mol. The van der Waals surface area contributed by atoms with Gasteiger partial charge in [0, 0.05) is 23.7 Å². The van der Waals surface area contributed by atoms with E-state index in [1.165, 1.54) is 38.6 Å². The van der Waals surface area contributed by atoms with Crippen LogP contribution in [0.2, 0.25) is 0 Å². The monoisotopic (exact) mass is 282 g/mol. The molecule has 2 heterocycles. The molecule has 2 fully saturated rings. The Balaban J connectivity index is 1.61. The lowest BCUT2D eigenvalue weighted by Gasteiger charge is -2.36. The van der Waals surface area contributed by atoms with Crippen LogP contribution < -0.4 is 5.32 Å². The van der Waals surface area contributed by atoms with Crippen LogP contribution in [0.5, 0.6) is 0 Å². The van der Waals surface area contributed by atoms with Gasteiger partial charge in [0.2, 0.25) is 0 Å². The molecule has 2 atom stereocenters. The third kappa shape index (κ3) is 3.87. The van der Waals surface area contributed by atoms with Crippen molar-refractivity contribution in [2.75, 3.05) is 13.1 Å². The molecule has 0 aromatic heterocycles. The molecule has 0 amide bonds. The lowest BCUT2D eigenvalue weighted by molar-refractivity contribution is 0.158. The van der Waals surface area contributed by atoms with Gasteiger partial charge >= 0.3 is 0 Å². The standard InChI is InChI=1S/C19H26N2/c1-2-12-21(13-6-9-16-7-4-3-5-8-16)19-14-17-10-11-18(15-19)20-17/h3-5,7-8,17-20H,2,10-15H2,1H3. The Kier molecular flexibility index (Phi) is 4.95. The van der Waals surface area contributed by atoms with Crippen LogP contribution >= 0.6 is 0 Å². The van der Waals surface area contributed by atoms with Gasteiger partial charge < -0.3 is 5.32 Å². The van der Waals surface area contributed by atoms with Gasteiger partial charge in [-0.15, -0.1) is 0 Å². The first-order valence-electron chi connectivity index (χ1n) is 8.39. The third-order valence-electron chi connectivity index (χ3n) is 4.76. The maximum atomic E-state index is 3.74. The molecule has 1 aromatic rings. The minimum absolute atomic E-state index is 0.730. The number of fused-ring (bicyclic) bond motifs is 2. The predicted molar refractivity (Wildman–Crippen MR) is 88.2 cm³/mol. The molecule has 1 N–H and O–H groups in total. The Morgan fingerprint density at radius 1 is 1.14 bits per heavy atom. The number of nitrogens with zero attached hydrogens (tertiary/aromatic N) is 1. The molecular weight excluding hydrogens is 256 g/mol. The number of piperidine rings is 1. The van der Waals surface area contributed by atoms with E-state index in [0.29, 0.717) is 0 Å². The highest BCUT2D eigenvalue weighted by molar-refractivity contribution is 5.33. The molecular formula is C19H26N2. The maximum absolute atomic E-state index is 3.74. The van der Waals surface area contributed by atoms with Crippen LogP contribution in [0.3, 0.4) is 0 Å². The van der Waals surface area contributed by atoms with E-state index in [2.05, 4.69) is 53.2 Å². The van der Waals surface area contributed by atoms with E-state index in [4.69, 9.17) is 0 Å². The Bertz CT molecular complexity index is 487. The van der Waals surface area contributed by atoms with Crippen LogP contribution in [0.4, 0.5) is 0 Å². The molecule has 2 saturated heterocycles. The van der Waals surface area contributed by atoms with Crippen molar-refractivity contribution in [3.05, 3.63) is 35.9 Å². The molecule has 21 heavy (non-hydrogen) atoms. The molecule has 2 aliphatic heterocycles. The Labute approximate surface area is 128 Å². The first-order chi connectivity index (χ1) is 10.3. The summed E-state index contributed by atoms with van der Waals surface area (Å²) >= 11 is 0. The number of benzene rings is 1. The van der Waals surface area contributed by atoms with Crippen LogP contribution in [0, 0.1) is 11.8 Å². The van der Waals surface area contributed by atoms with Crippen LogP contribution in [0.1, 0.15) is 44.6 Å². The Morgan fingerprint density at radius 2 is 1.86 bits per heavy atom. The van der Waals surface area contributed by atoms with Gasteiger partial charge in [-0.2, -0.15) is 0 Å². The molecule has 2 heteroatoms. The zero-order valence-electron chi connectivity index (χ0n) is 13.0. The van der Waals surface area contributed by atoms with Crippen molar-refractivity contribution in [1.29, 1.82) is 0 Å². The minimum Gasteiger partial charge on any atom is -0.311 e. The van der Waals surface area contributed by atoms with Crippen LogP contribution in [0.25, 0.3) is 0 Å². The maximum Gasteiger partial charge on any atom is 0.0607 e. The second kappa shape index (κ2) is 7.11. The van der Waals surface area contributed by atoms with Crippen molar-refractivity contribution in [1.82, 2.24) is 10.2 Å². The molecule has 3 rings (SSSR count). The summed E-state index contributed by atoms with van der Waals surface area (Å²) in [5.74, 6) is 6.69. The van der Waals surface area contributed by atoms with E-state index in [1.807, 2.05) is 6.07 Å². The molecule has 0 aliphatic carbocycles. The largest absolute Gasteiger partial charge is 0.311 e. The second-order valence-electron chi connectivity index (χ2n) is 6.40. The van der Waals surface area contributed by atoms with Gasteiger partial charge in [0.15, 0.2) is 0 Å². The van der Waals surface area contributed by atoms with Crippen molar-refractivity contribution in [3.63, 3.8) is 0 Å².